The van der Waals surface area contributed by atoms with E-state index >= 15 is 0 Å². The molecule has 25 heavy (non-hydrogen) atoms. The average molecular weight is 351 g/mol. The van der Waals surface area contributed by atoms with Crippen LogP contribution in [-0.2, 0) is 9.59 Å². The molecule has 8 heteroatoms. The van der Waals surface area contributed by atoms with Crippen LogP contribution in [0.2, 0.25) is 0 Å². The molecule has 8 nitrogen and oxygen atoms in total. The number of piperazine rings is 1. The number of aliphatic hydroxyl groups excluding tert-OH is 1. The van der Waals surface area contributed by atoms with E-state index in [9.17, 15) is 9.59 Å². The lowest BCUT2D eigenvalue weighted by molar-refractivity contribution is -0.134. The van der Waals surface area contributed by atoms with Gasteiger partial charge in [-0.2, -0.15) is 0 Å². The Bertz CT molecular complexity index is 556. The van der Waals surface area contributed by atoms with Gasteiger partial charge < -0.3 is 24.8 Å². The first-order valence-corrected chi connectivity index (χ1v) is 8.27. The van der Waals surface area contributed by atoms with Crippen molar-refractivity contribution in [1.29, 1.82) is 0 Å². The Morgan fingerprint density at radius 1 is 1.12 bits per heavy atom. The number of nitrogens with one attached hydrogen (secondary N) is 1. The lowest BCUT2D eigenvalue weighted by Gasteiger charge is -2.34. The van der Waals surface area contributed by atoms with E-state index in [0.29, 0.717) is 31.1 Å². The zero-order valence-electron chi connectivity index (χ0n) is 14.4. The summed E-state index contributed by atoms with van der Waals surface area (Å²) in [5, 5.41) is 11.5. The van der Waals surface area contributed by atoms with E-state index in [1.807, 2.05) is 0 Å². The van der Waals surface area contributed by atoms with E-state index in [4.69, 9.17) is 14.6 Å². The van der Waals surface area contributed by atoms with Crippen molar-refractivity contribution >= 4 is 11.8 Å². The van der Waals surface area contributed by atoms with Crippen molar-refractivity contribution in [3.05, 3.63) is 24.3 Å². The minimum atomic E-state index is -0.344. The van der Waals surface area contributed by atoms with Gasteiger partial charge in [-0.3, -0.25) is 14.5 Å². The van der Waals surface area contributed by atoms with Gasteiger partial charge in [0.05, 0.1) is 20.3 Å². The smallest absolute Gasteiger partial charge is 0.258 e. The zero-order valence-corrected chi connectivity index (χ0v) is 14.4. The van der Waals surface area contributed by atoms with Gasteiger partial charge in [0, 0.05) is 32.7 Å². The van der Waals surface area contributed by atoms with E-state index < -0.39 is 0 Å². The lowest BCUT2D eigenvalue weighted by atomic mass is 10.3. The second-order valence-corrected chi connectivity index (χ2v) is 5.69. The molecule has 1 heterocycles. The average Bonchev–Trinajstić information content (AvgIpc) is 2.65. The molecule has 0 spiro atoms. The molecule has 1 aliphatic heterocycles. The molecule has 0 saturated carbocycles. The third kappa shape index (κ3) is 6.24. The van der Waals surface area contributed by atoms with Crippen LogP contribution in [0.4, 0.5) is 0 Å². The maximum atomic E-state index is 12.1. The summed E-state index contributed by atoms with van der Waals surface area (Å²) in [5.41, 5.74) is 0. The van der Waals surface area contributed by atoms with Gasteiger partial charge in [0.15, 0.2) is 6.61 Å². The summed E-state index contributed by atoms with van der Waals surface area (Å²) < 4.78 is 10.4. The molecule has 0 atom stereocenters. The van der Waals surface area contributed by atoms with Gasteiger partial charge in [-0.25, -0.2) is 0 Å². The molecule has 2 amide bonds. The van der Waals surface area contributed by atoms with Crippen LogP contribution in [0, 0.1) is 0 Å². The fourth-order valence-electron chi connectivity index (χ4n) is 2.52. The Balaban J connectivity index is 1.64. The van der Waals surface area contributed by atoms with Gasteiger partial charge in [0.25, 0.3) is 5.91 Å². The van der Waals surface area contributed by atoms with Gasteiger partial charge in [0.1, 0.15) is 11.5 Å². The molecule has 138 valence electrons. The Morgan fingerprint density at radius 3 is 2.36 bits per heavy atom. The van der Waals surface area contributed by atoms with Gasteiger partial charge in [-0.1, -0.05) is 0 Å². The molecule has 1 aromatic rings. The summed E-state index contributed by atoms with van der Waals surface area (Å²) in [4.78, 5) is 27.7. The van der Waals surface area contributed by atoms with Crippen molar-refractivity contribution in [1.82, 2.24) is 15.1 Å². The lowest BCUT2D eigenvalue weighted by Crippen LogP contribution is -2.51. The second-order valence-electron chi connectivity index (χ2n) is 5.69. The summed E-state index contributed by atoms with van der Waals surface area (Å²) >= 11 is 0. The number of carbonyl (C=O) groups is 2. The van der Waals surface area contributed by atoms with Crippen molar-refractivity contribution in [2.45, 2.75) is 0 Å². The van der Waals surface area contributed by atoms with Crippen LogP contribution in [0.25, 0.3) is 0 Å². The maximum Gasteiger partial charge on any atom is 0.258 e. The third-order valence-electron chi connectivity index (χ3n) is 4.01. The first kappa shape index (κ1) is 19.0. The van der Waals surface area contributed by atoms with Gasteiger partial charge >= 0.3 is 0 Å². The van der Waals surface area contributed by atoms with Crippen LogP contribution < -0.4 is 14.8 Å². The van der Waals surface area contributed by atoms with E-state index in [1.54, 1.807) is 36.3 Å². The summed E-state index contributed by atoms with van der Waals surface area (Å²) in [6, 6.07) is 6.91. The van der Waals surface area contributed by atoms with E-state index in [-0.39, 0.29) is 31.6 Å². The van der Waals surface area contributed by atoms with Crippen LogP contribution in [0.15, 0.2) is 24.3 Å². The molecule has 0 radical (unpaired) electrons. The van der Waals surface area contributed by atoms with Gasteiger partial charge in [-0.05, 0) is 24.3 Å². The molecular formula is C17H25N3O5. The molecule has 0 bridgehead atoms. The predicted molar refractivity (Wildman–Crippen MR) is 91.6 cm³/mol. The normalized spacial score (nSPS) is 14.9. The maximum absolute atomic E-state index is 12.1. The monoisotopic (exact) mass is 351 g/mol. The Labute approximate surface area is 147 Å². The summed E-state index contributed by atoms with van der Waals surface area (Å²) in [6.07, 6.45) is 0. The van der Waals surface area contributed by atoms with Crippen molar-refractivity contribution in [3.63, 3.8) is 0 Å². The molecule has 1 aromatic carbocycles. The molecule has 0 unspecified atom stereocenters. The number of nitrogens with zero attached hydrogens (tertiary/aromatic N) is 2. The SMILES string of the molecule is COc1ccc(OCC(=O)NCC(=O)N2CCN(CCO)CC2)cc1. The number of benzene rings is 1. The van der Waals surface area contributed by atoms with Crippen LogP contribution in [0.3, 0.4) is 0 Å². The van der Waals surface area contributed by atoms with Crippen LogP contribution in [0.5, 0.6) is 11.5 Å². The number of aliphatic hydroxyl groups is 1. The number of rotatable bonds is 8. The Morgan fingerprint density at radius 2 is 1.76 bits per heavy atom. The fraction of sp³-hybridized carbons (Fsp3) is 0.529. The van der Waals surface area contributed by atoms with Crippen LogP contribution >= 0.6 is 0 Å². The van der Waals surface area contributed by atoms with Gasteiger partial charge in [0.2, 0.25) is 5.91 Å². The number of amides is 2. The molecule has 2 N–H and O–H groups in total. The molecule has 0 aliphatic carbocycles. The first-order valence-electron chi connectivity index (χ1n) is 8.27. The first-order chi connectivity index (χ1) is 12.1. The largest absolute Gasteiger partial charge is 0.497 e. The molecule has 0 aromatic heterocycles. The molecule has 1 fully saturated rings. The minimum Gasteiger partial charge on any atom is -0.497 e. The fourth-order valence-corrected chi connectivity index (χ4v) is 2.52. The zero-order chi connectivity index (χ0) is 18.1. The number of hydrogen-bond acceptors (Lipinski definition) is 6. The quantitative estimate of drug-likeness (QED) is 0.645. The number of β-amino-alcohol motifs (C(OH)–C–C–N with tert-alkyl or cyclic N) is 1. The topological polar surface area (TPSA) is 91.3 Å². The molecular weight excluding hydrogens is 326 g/mol. The van der Waals surface area contributed by atoms with Crippen molar-refractivity contribution in [3.8, 4) is 11.5 Å². The Kier molecular flexibility index (Phi) is 7.49. The highest BCUT2D eigenvalue weighted by molar-refractivity contribution is 5.85. The number of hydrogen-bond donors (Lipinski definition) is 2. The van der Waals surface area contributed by atoms with Crippen molar-refractivity contribution in [2.24, 2.45) is 0 Å². The number of ether oxygens (including phenoxy) is 2. The van der Waals surface area contributed by atoms with Crippen molar-refractivity contribution in [2.75, 3.05) is 59.6 Å². The molecule has 2 rings (SSSR count). The highest BCUT2D eigenvalue weighted by atomic mass is 16.5. The van der Waals surface area contributed by atoms with E-state index in [1.165, 1.54) is 0 Å². The number of carbonyl (C=O) groups excluding carboxylic acids is 2. The second kappa shape index (κ2) is 9.85. The molecule has 1 saturated heterocycles. The predicted octanol–water partition coefficient (Wildman–Crippen LogP) is -0.673. The third-order valence-corrected chi connectivity index (χ3v) is 4.01. The van der Waals surface area contributed by atoms with Crippen molar-refractivity contribution < 1.29 is 24.2 Å². The highest BCUT2D eigenvalue weighted by Gasteiger charge is 2.20. The van der Waals surface area contributed by atoms with E-state index in [0.717, 1.165) is 13.1 Å². The highest BCUT2D eigenvalue weighted by Crippen LogP contribution is 2.16. The summed E-state index contributed by atoms with van der Waals surface area (Å²) in [6.45, 7) is 3.25. The van der Waals surface area contributed by atoms with Crippen LogP contribution in [0.1, 0.15) is 0 Å². The minimum absolute atomic E-state index is 0.0369. The summed E-state index contributed by atoms with van der Waals surface area (Å²) in [5.74, 6) is 0.813. The van der Waals surface area contributed by atoms with E-state index in [2.05, 4.69) is 10.2 Å². The standard InChI is InChI=1S/C17H25N3O5/c1-24-14-2-4-15(5-3-14)25-13-16(22)18-12-17(23)20-8-6-19(7-9-20)10-11-21/h2-5,21H,6-13H2,1H3,(H,18,22). The molecule has 1 aliphatic rings. The summed E-state index contributed by atoms with van der Waals surface area (Å²) in [7, 11) is 1.58. The Hall–Kier alpha value is -2.32. The van der Waals surface area contributed by atoms with Gasteiger partial charge in [-0.15, -0.1) is 0 Å². The van der Waals surface area contributed by atoms with Crippen LogP contribution in [-0.4, -0.2) is 86.3 Å². The number of methoxy groups -OCH3 is 1.